The minimum atomic E-state index is -0.940. The number of benzene rings is 1. The van der Waals surface area contributed by atoms with Crippen LogP contribution in [0.1, 0.15) is 32.3 Å². The minimum Gasteiger partial charge on any atom is -0.390 e. The summed E-state index contributed by atoms with van der Waals surface area (Å²) < 4.78 is 25.5. The molecule has 14 heavy (non-hydrogen) atoms. The van der Waals surface area contributed by atoms with E-state index in [1.54, 1.807) is 20.8 Å². The van der Waals surface area contributed by atoms with E-state index in [0.29, 0.717) is 5.56 Å². The molecule has 3 heteroatoms. The van der Waals surface area contributed by atoms with Gasteiger partial charge >= 0.3 is 0 Å². The monoisotopic (exact) mass is 200 g/mol. The molecule has 0 aliphatic carbocycles. The summed E-state index contributed by atoms with van der Waals surface area (Å²) in [5.74, 6) is -1.98. The van der Waals surface area contributed by atoms with Crippen LogP contribution in [0.3, 0.4) is 0 Å². The lowest BCUT2D eigenvalue weighted by Crippen LogP contribution is -2.26. The summed E-state index contributed by atoms with van der Waals surface area (Å²) in [6.45, 7) is 5.05. The first kappa shape index (κ1) is 11.1. The van der Waals surface area contributed by atoms with Crippen molar-refractivity contribution in [3.05, 3.63) is 35.4 Å². The molecule has 1 nitrogen and oxygen atoms in total. The van der Waals surface area contributed by atoms with E-state index in [0.717, 1.165) is 12.1 Å². The fourth-order valence-corrected chi connectivity index (χ4v) is 1.19. The Hall–Kier alpha value is -0.960. The third kappa shape index (κ3) is 2.29. The van der Waals surface area contributed by atoms with Gasteiger partial charge in [-0.2, -0.15) is 0 Å². The van der Waals surface area contributed by atoms with Crippen LogP contribution in [-0.2, 0) is 0 Å². The van der Waals surface area contributed by atoms with Crippen LogP contribution in [0.2, 0.25) is 0 Å². The second-order valence-electron chi connectivity index (χ2n) is 4.05. The van der Waals surface area contributed by atoms with Crippen molar-refractivity contribution >= 4 is 0 Å². The second-order valence-corrected chi connectivity index (χ2v) is 4.05. The summed E-state index contributed by atoms with van der Waals surface area (Å²) in [4.78, 5) is 0. The maximum atomic E-state index is 12.9. The molecule has 0 saturated heterocycles. The zero-order valence-electron chi connectivity index (χ0n) is 8.51. The summed E-state index contributed by atoms with van der Waals surface area (Å²) in [5.41, 5.74) is -0.346. The average molecular weight is 200 g/mol. The number of halogens is 2. The Balaban J connectivity index is 3.03. The van der Waals surface area contributed by atoms with Gasteiger partial charge in [-0.25, -0.2) is 8.78 Å². The van der Waals surface area contributed by atoms with Crippen LogP contribution in [0, 0.1) is 11.6 Å². The van der Waals surface area contributed by atoms with Crippen LogP contribution in [-0.4, -0.2) is 10.7 Å². The van der Waals surface area contributed by atoms with Gasteiger partial charge in [0.1, 0.15) is 0 Å². The third-order valence-electron chi connectivity index (χ3n) is 2.50. The molecule has 0 aliphatic heterocycles. The van der Waals surface area contributed by atoms with Crippen LogP contribution in [0.5, 0.6) is 0 Å². The highest BCUT2D eigenvalue weighted by Gasteiger charge is 2.24. The van der Waals surface area contributed by atoms with Crippen molar-refractivity contribution in [1.29, 1.82) is 0 Å². The smallest absolute Gasteiger partial charge is 0.159 e. The highest BCUT2D eigenvalue weighted by Crippen LogP contribution is 2.27. The summed E-state index contributed by atoms with van der Waals surface area (Å²) in [5, 5.41) is 9.68. The Morgan fingerprint density at radius 1 is 1.21 bits per heavy atom. The van der Waals surface area contributed by atoms with Gasteiger partial charge in [0.2, 0.25) is 0 Å². The minimum absolute atomic E-state index is 0.238. The van der Waals surface area contributed by atoms with E-state index < -0.39 is 17.2 Å². The molecule has 0 spiro atoms. The molecule has 0 amide bonds. The Morgan fingerprint density at radius 3 is 2.21 bits per heavy atom. The first-order valence-corrected chi connectivity index (χ1v) is 4.49. The van der Waals surface area contributed by atoms with Crippen LogP contribution >= 0.6 is 0 Å². The van der Waals surface area contributed by atoms with Gasteiger partial charge in [0.25, 0.3) is 0 Å². The molecular formula is C11H14F2O. The molecule has 0 saturated carbocycles. The van der Waals surface area contributed by atoms with Crippen LogP contribution in [0.15, 0.2) is 18.2 Å². The Bertz CT molecular complexity index is 329. The topological polar surface area (TPSA) is 20.2 Å². The van der Waals surface area contributed by atoms with Crippen molar-refractivity contribution < 1.29 is 13.9 Å². The third-order valence-corrected chi connectivity index (χ3v) is 2.50. The van der Waals surface area contributed by atoms with E-state index in [1.807, 2.05) is 0 Å². The Labute approximate surface area is 82.4 Å². The highest BCUT2D eigenvalue weighted by molar-refractivity contribution is 5.23. The average Bonchev–Trinajstić information content (AvgIpc) is 2.07. The van der Waals surface area contributed by atoms with Gasteiger partial charge in [0.05, 0.1) is 5.60 Å². The predicted molar refractivity (Wildman–Crippen MR) is 51.1 cm³/mol. The van der Waals surface area contributed by atoms with Crippen LogP contribution < -0.4 is 0 Å². The highest BCUT2D eigenvalue weighted by atomic mass is 19.2. The largest absolute Gasteiger partial charge is 0.390 e. The van der Waals surface area contributed by atoms with Crippen molar-refractivity contribution in [1.82, 2.24) is 0 Å². The quantitative estimate of drug-likeness (QED) is 0.778. The van der Waals surface area contributed by atoms with Gasteiger partial charge in [-0.3, -0.25) is 0 Å². The molecule has 0 heterocycles. The normalized spacial score (nSPS) is 14.1. The lowest BCUT2D eigenvalue weighted by atomic mass is 9.86. The molecule has 78 valence electrons. The van der Waals surface area contributed by atoms with E-state index in [4.69, 9.17) is 0 Å². The van der Waals surface area contributed by atoms with Crippen molar-refractivity contribution in [2.24, 2.45) is 0 Å². The summed E-state index contributed by atoms with van der Waals surface area (Å²) in [6.07, 6.45) is 0. The van der Waals surface area contributed by atoms with E-state index in [2.05, 4.69) is 0 Å². The van der Waals surface area contributed by atoms with Gasteiger partial charge in [0, 0.05) is 5.92 Å². The van der Waals surface area contributed by atoms with Crippen molar-refractivity contribution in [2.75, 3.05) is 0 Å². The molecular weight excluding hydrogens is 186 g/mol. The van der Waals surface area contributed by atoms with E-state index in [1.165, 1.54) is 6.07 Å². The van der Waals surface area contributed by atoms with Gasteiger partial charge < -0.3 is 5.11 Å². The Morgan fingerprint density at radius 2 is 1.79 bits per heavy atom. The van der Waals surface area contributed by atoms with Gasteiger partial charge in [0.15, 0.2) is 11.6 Å². The van der Waals surface area contributed by atoms with Crippen molar-refractivity contribution in [3.8, 4) is 0 Å². The maximum absolute atomic E-state index is 12.9. The van der Waals surface area contributed by atoms with Crippen molar-refractivity contribution in [2.45, 2.75) is 32.3 Å². The fourth-order valence-electron chi connectivity index (χ4n) is 1.19. The summed E-state index contributed by atoms with van der Waals surface area (Å²) in [7, 11) is 0. The molecule has 1 atom stereocenters. The summed E-state index contributed by atoms with van der Waals surface area (Å²) in [6, 6.07) is 3.69. The van der Waals surface area contributed by atoms with Crippen molar-refractivity contribution in [3.63, 3.8) is 0 Å². The molecule has 0 fully saturated rings. The van der Waals surface area contributed by atoms with Gasteiger partial charge in [-0.05, 0) is 31.5 Å². The van der Waals surface area contributed by atoms with E-state index in [9.17, 15) is 13.9 Å². The van der Waals surface area contributed by atoms with Gasteiger partial charge in [-0.1, -0.05) is 13.0 Å². The molecule has 1 aromatic rings. The molecule has 0 radical (unpaired) electrons. The Kier molecular flexibility index (Phi) is 2.90. The zero-order chi connectivity index (χ0) is 10.9. The van der Waals surface area contributed by atoms with E-state index >= 15 is 0 Å². The number of aliphatic hydroxyl groups is 1. The zero-order valence-corrected chi connectivity index (χ0v) is 8.51. The first-order chi connectivity index (χ1) is 6.32. The molecule has 1 rings (SSSR count). The standard InChI is InChI=1S/C11H14F2O/c1-7(11(2,3)14)8-4-5-9(12)10(13)6-8/h4-7,14H,1-3H3. The molecule has 1 aromatic carbocycles. The number of hydrogen-bond donors (Lipinski definition) is 1. The van der Waals surface area contributed by atoms with Crippen LogP contribution in [0.4, 0.5) is 8.78 Å². The molecule has 0 aromatic heterocycles. The lowest BCUT2D eigenvalue weighted by Gasteiger charge is -2.26. The first-order valence-electron chi connectivity index (χ1n) is 4.49. The lowest BCUT2D eigenvalue weighted by molar-refractivity contribution is 0.0557. The maximum Gasteiger partial charge on any atom is 0.159 e. The second kappa shape index (κ2) is 3.65. The predicted octanol–water partition coefficient (Wildman–Crippen LogP) is 2.84. The summed E-state index contributed by atoms with van der Waals surface area (Å²) >= 11 is 0. The van der Waals surface area contributed by atoms with Gasteiger partial charge in [-0.15, -0.1) is 0 Å². The molecule has 1 N–H and O–H groups in total. The molecule has 0 aliphatic rings. The number of hydrogen-bond acceptors (Lipinski definition) is 1. The number of rotatable bonds is 2. The SMILES string of the molecule is CC(c1ccc(F)c(F)c1)C(C)(C)O. The molecule has 0 bridgehead atoms. The fraction of sp³-hybridized carbons (Fsp3) is 0.455. The molecule has 1 unspecified atom stereocenters. The van der Waals surface area contributed by atoms with Crippen LogP contribution in [0.25, 0.3) is 0 Å². The van der Waals surface area contributed by atoms with E-state index in [-0.39, 0.29) is 5.92 Å².